The molecule has 12 heavy (non-hydrogen) atoms. The Balaban J connectivity index is 2.93. The van der Waals surface area contributed by atoms with E-state index in [9.17, 15) is 4.79 Å². The highest BCUT2D eigenvalue weighted by atomic mass is 32.1. The summed E-state index contributed by atoms with van der Waals surface area (Å²) < 4.78 is 4.92. The van der Waals surface area contributed by atoms with E-state index in [1.54, 1.807) is 11.3 Å². The molecule has 0 spiro atoms. The number of carbonyl (C=O) groups is 1. The summed E-state index contributed by atoms with van der Waals surface area (Å²) in [7, 11) is 0. The Morgan fingerprint density at radius 2 is 2.25 bits per heavy atom. The zero-order chi connectivity index (χ0) is 9.14. The molecule has 0 aromatic carbocycles. The third-order valence-electron chi connectivity index (χ3n) is 1.64. The smallest absolute Gasteiger partial charge is 0.339 e. The van der Waals surface area contributed by atoms with Crippen LogP contribution in [0.15, 0.2) is 5.38 Å². The predicted molar refractivity (Wildman–Crippen MR) is 49.7 cm³/mol. The number of thiophene rings is 1. The average molecular weight is 184 g/mol. The van der Waals surface area contributed by atoms with Crippen LogP contribution in [0.5, 0.6) is 0 Å². The molecule has 0 radical (unpaired) electrons. The molecule has 0 N–H and O–H groups in total. The van der Waals surface area contributed by atoms with Crippen LogP contribution in [0.4, 0.5) is 0 Å². The van der Waals surface area contributed by atoms with Crippen molar-refractivity contribution < 1.29 is 9.53 Å². The molecule has 1 rings (SSSR count). The average Bonchev–Trinajstić information content (AvgIpc) is 2.32. The summed E-state index contributed by atoms with van der Waals surface area (Å²) in [5.74, 6) is -0.200. The van der Waals surface area contributed by atoms with Gasteiger partial charge in [-0.05, 0) is 31.7 Å². The zero-order valence-corrected chi connectivity index (χ0v) is 8.33. The number of ether oxygens (including phenoxy) is 1. The van der Waals surface area contributed by atoms with Crippen LogP contribution in [0, 0.1) is 13.8 Å². The minimum absolute atomic E-state index is 0.200. The summed E-state index contributed by atoms with van der Waals surface area (Å²) in [6.07, 6.45) is 0. The van der Waals surface area contributed by atoms with Gasteiger partial charge in [0.1, 0.15) is 0 Å². The van der Waals surface area contributed by atoms with Crippen LogP contribution in [0.2, 0.25) is 0 Å². The second kappa shape index (κ2) is 3.72. The fourth-order valence-corrected chi connectivity index (χ4v) is 1.91. The molecule has 0 aliphatic heterocycles. The Labute approximate surface area is 76.2 Å². The molecule has 0 bridgehead atoms. The summed E-state index contributed by atoms with van der Waals surface area (Å²) in [6, 6.07) is 0. The lowest BCUT2D eigenvalue weighted by molar-refractivity contribution is 0.0525. The van der Waals surface area contributed by atoms with Crippen molar-refractivity contribution in [2.24, 2.45) is 0 Å². The summed E-state index contributed by atoms with van der Waals surface area (Å²) in [4.78, 5) is 12.4. The Bertz CT molecular complexity index is 269. The van der Waals surface area contributed by atoms with Gasteiger partial charge in [-0.3, -0.25) is 0 Å². The highest BCUT2D eigenvalue weighted by molar-refractivity contribution is 7.10. The van der Waals surface area contributed by atoms with Crippen LogP contribution in [-0.2, 0) is 4.74 Å². The van der Waals surface area contributed by atoms with E-state index >= 15 is 0 Å². The number of carbonyl (C=O) groups excluding carboxylic acids is 1. The Morgan fingerprint density at radius 3 is 2.67 bits per heavy atom. The number of aryl methyl sites for hydroxylation is 2. The SMILES string of the molecule is CCOC(=O)c1c(C)csc1C. The van der Waals surface area contributed by atoms with E-state index in [1.165, 1.54) is 0 Å². The van der Waals surface area contributed by atoms with Gasteiger partial charge in [-0.2, -0.15) is 0 Å². The predicted octanol–water partition coefficient (Wildman–Crippen LogP) is 2.54. The Kier molecular flexibility index (Phi) is 2.87. The minimum atomic E-state index is -0.200. The molecule has 1 heterocycles. The zero-order valence-electron chi connectivity index (χ0n) is 7.51. The monoisotopic (exact) mass is 184 g/mol. The molecule has 3 heteroatoms. The lowest BCUT2D eigenvalue weighted by atomic mass is 10.2. The van der Waals surface area contributed by atoms with Gasteiger partial charge >= 0.3 is 5.97 Å². The van der Waals surface area contributed by atoms with E-state index in [0.29, 0.717) is 6.61 Å². The molecule has 0 saturated carbocycles. The maximum atomic E-state index is 11.3. The van der Waals surface area contributed by atoms with Crippen LogP contribution in [0.1, 0.15) is 27.7 Å². The largest absolute Gasteiger partial charge is 0.462 e. The molecule has 1 aromatic rings. The lowest BCUT2D eigenvalue weighted by Gasteiger charge is -2.01. The van der Waals surface area contributed by atoms with Gasteiger partial charge in [-0.15, -0.1) is 11.3 Å². The van der Waals surface area contributed by atoms with Crippen molar-refractivity contribution in [3.05, 3.63) is 21.4 Å². The molecule has 0 fully saturated rings. The summed E-state index contributed by atoms with van der Waals surface area (Å²) >= 11 is 1.58. The van der Waals surface area contributed by atoms with Crippen molar-refractivity contribution in [3.8, 4) is 0 Å². The molecule has 1 aromatic heterocycles. The topological polar surface area (TPSA) is 26.3 Å². The van der Waals surface area contributed by atoms with E-state index in [4.69, 9.17) is 4.74 Å². The number of hydrogen-bond donors (Lipinski definition) is 0. The molecule has 0 atom stereocenters. The third kappa shape index (κ3) is 1.67. The van der Waals surface area contributed by atoms with Gasteiger partial charge in [0.05, 0.1) is 12.2 Å². The van der Waals surface area contributed by atoms with Crippen LogP contribution in [-0.4, -0.2) is 12.6 Å². The van der Waals surface area contributed by atoms with E-state index < -0.39 is 0 Å². The first-order valence-corrected chi connectivity index (χ1v) is 4.76. The van der Waals surface area contributed by atoms with Crippen molar-refractivity contribution in [1.82, 2.24) is 0 Å². The molecule has 0 aliphatic rings. The van der Waals surface area contributed by atoms with E-state index in [0.717, 1.165) is 16.0 Å². The molecule has 0 unspecified atom stereocenters. The van der Waals surface area contributed by atoms with Crippen molar-refractivity contribution in [2.75, 3.05) is 6.61 Å². The number of hydrogen-bond acceptors (Lipinski definition) is 3. The first kappa shape index (κ1) is 9.26. The Hall–Kier alpha value is -0.830. The minimum Gasteiger partial charge on any atom is -0.462 e. The van der Waals surface area contributed by atoms with Gasteiger partial charge in [0, 0.05) is 4.88 Å². The molecular formula is C9H12O2S. The molecule has 0 amide bonds. The highest BCUT2D eigenvalue weighted by Crippen LogP contribution is 2.21. The summed E-state index contributed by atoms with van der Waals surface area (Å²) in [5.41, 5.74) is 1.75. The third-order valence-corrected chi connectivity index (χ3v) is 2.67. The van der Waals surface area contributed by atoms with Crippen LogP contribution in [0.3, 0.4) is 0 Å². The van der Waals surface area contributed by atoms with Crippen LogP contribution >= 0.6 is 11.3 Å². The maximum absolute atomic E-state index is 11.3. The van der Waals surface area contributed by atoms with E-state index in [-0.39, 0.29) is 5.97 Å². The van der Waals surface area contributed by atoms with Gasteiger partial charge in [-0.25, -0.2) is 4.79 Å². The fourth-order valence-electron chi connectivity index (χ4n) is 1.08. The second-order valence-electron chi connectivity index (χ2n) is 2.57. The number of esters is 1. The molecule has 2 nitrogen and oxygen atoms in total. The molecule has 0 aliphatic carbocycles. The van der Waals surface area contributed by atoms with Crippen molar-refractivity contribution >= 4 is 17.3 Å². The van der Waals surface area contributed by atoms with Crippen LogP contribution < -0.4 is 0 Å². The maximum Gasteiger partial charge on any atom is 0.339 e. The summed E-state index contributed by atoms with van der Waals surface area (Å²) in [5, 5.41) is 1.97. The van der Waals surface area contributed by atoms with Gasteiger partial charge in [0.2, 0.25) is 0 Å². The van der Waals surface area contributed by atoms with Gasteiger partial charge in [0.25, 0.3) is 0 Å². The standard InChI is InChI=1S/C9H12O2S/c1-4-11-9(10)8-6(2)5-12-7(8)3/h5H,4H2,1-3H3. The van der Waals surface area contributed by atoms with Gasteiger partial charge in [-0.1, -0.05) is 0 Å². The molecule has 66 valence electrons. The first-order valence-electron chi connectivity index (χ1n) is 3.88. The van der Waals surface area contributed by atoms with Gasteiger partial charge < -0.3 is 4.74 Å². The van der Waals surface area contributed by atoms with Crippen LogP contribution in [0.25, 0.3) is 0 Å². The van der Waals surface area contributed by atoms with Crippen molar-refractivity contribution in [1.29, 1.82) is 0 Å². The molecular weight excluding hydrogens is 172 g/mol. The van der Waals surface area contributed by atoms with E-state index in [1.807, 2.05) is 26.2 Å². The molecule has 0 saturated heterocycles. The van der Waals surface area contributed by atoms with Crippen molar-refractivity contribution in [3.63, 3.8) is 0 Å². The Morgan fingerprint density at radius 1 is 1.58 bits per heavy atom. The van der Waals surface area contributed by atoms with E-state index in [2.05, 4.69) is 0 Å². The quantitative estimate of drug-likeness (QED) is 0.660. The first-order chi connectivity index (χ1) is 5.66. The normalized spacial score (nSPS) is 9.92. The van der Waals surface area contributed by atoms with Crippen molar-refractivity contribution in [2.45, 2.75) is 20.8 Å². The fraction of sp³-hybridized carbons (Fsp3) is 0.444. The highest BCUT2D eigenvalue weighted by Gasteiger charge is 2.14. The second-order valence-corrected chi connectivity index (χ2v) is 3.65. The summed E-state index contributed by atoms with van der Waals surface area (Å²) in [6.45, 7) is 6.11. The van der Waals surface area contributed by atoms with Gasteiger partial charge in [0.15, 0.2) is 0 Å². The number of rotatable bonds is 2. The lowest BCUT2D eigenvalue weighted by Crippen LogP contribution is -2.05.